The number of nitrogens with zero attached hydrogens (tertiary/aromatic N) is 3. The largest absolute Gasteiger partial charge is 0.497 e. The van der Waals surface area contributed by atoms with E-state index in [4.69, 9.17) is 4.74 Å². The van der Waals surface area contributed by atoms with E-state index in [0.717, 1.165) is 6.07 Å². The monoisotopic (exact) mass is 524 g/mol. The molecule has 0 unspecified atom stereocenters. The molecule has 4 rings (SSSR count). The summed E-state index contributed by atoms with van der Waals surface area (Å²) in [4.78, 5) is 26.1. The van der Waals surface area contributed by atoms with Crippen molar-refractivity contribution in [2.75, 3.05) is 23.3 Å². The van der Waals surface area contributed by atoms with Crippen LogP contribution in [0, 0.1) is 12.7 Å². The minimum absolute atomic E-state index is 0.00770. The number of methoxy groups -OCH3 is 1. The van der Waals surface area contributed by atoms with E-state index < -0.39 is 33.9 Å². The van der Waals surface area contributed by atoms with Crippen LogP contribution in [-0.4, -0.2) is 37.3 Å². The van der Waals surface area contributed by atoms with Crippen LogP contribution in [0.2, 0.25) is 0 Å². The number of sulfonamides is 1. The molecule has 0 saturated heterocycles. The number of para-hydroxylation sites is 2. The van der Waals surface area contributed by atoms with Gasteiger partial charge in [0.05, 0.1) is 29.1 Å². The van der Waals surface area contributed by atoms with Crippen LogP contribution in [0.15, 0.2) is 88.6 Å². The van der Waals surface area contributed by atoms with Gasteiger partial charge in [-0.25, -0.2) is 17.5 Å². The summed E-state index contributed by atoms with van der Waals surface area (Å²) >= 11 is 0. The molecule has 37 heavy (non-hydrogen) atoms. The number of amides is 1. The first kappa shape index (κ1) is 25.7. The van der Waals surface area contributed by atoms with Crippen molar-refractivity contribution in [2.24, 2.45) is 7.05 Å². The van der Waals surface area contributed by atoms with Gasteiger partial charge >= 0.3 is 0 Å². The van der Waals surface area contributed by atoms with E-state index in [1.54, 1.807) is 42.9 Å². The van der Waals surface area contributed by atoms with E-state index in [1.807, 2.05) is 6.07 Å². The van der Waals surface area contributed by atoms with Gasteiger partial charge in [-0.15, -0.1) is 0 Å². The molecule has 0 atom stereocenters. The minimum Gasteiger partial charge on any atom is -0.497 e. The van der Waals surface area contributed by atoms with Crippen molar-refractivity contribution in [1.82, 2.24) is 9.36 Å². The summed E-state index contributed by atoms with van der Waals surface area (Å²) in [6, 6.07) is 19.6. The topological polar surface area (TPSA) is 103 Å². The lowest BCUT2D eigenvalue weighted by Gasteiger charge is -2.24. The number of ether oxygens (including phenoxy) is 1. The van der Waals surface area contributed by atoms with Crippen molar-refractivity contribution in [3.8, 4) is 11.4 Å². The predicted molar refractivity (Wildman–Crippen MR) is 138 cm³/mol. The Morgan fingerprint density at radius 3 is 2.24 bits per heavy atom. The molecule has 4 aromatic rings. The van der Waals surface area contributed by atoms with Gasteiger partial charge in [-0.05, 0) is 55.5 Å². The Morgan fingerprint density at radius 1 is 1.00 bits per heavy atom. The quantitative estimate of drug-likeness (QED) is 0.380. The fourth-order valence-corrected chi connectivity index (χ4v) is 5.28. The fraction of sp³-hybridized carbons (Fsp3) is 0.154. The number of carbonyl (C=O) groups excluding carboxylic acids is 1. The number of nitrogens with one attached hydrogen (secondary N) is 1. The highest BCUT2D eigenvalue weighted by atomic mass is 32.2. The van der Waals surface area contributed by atoms with E-state index in [2.05, 4.69) is 5.32 Å². The lowest BCUT2D eigenvalue weighted by Crippen LogP contribution is -2.39. The standard InChI is InChI=1S/C26H25FN4O5S/c1-18-25(26(33)31(29(18)2)19-9-5-4-6-10-19)28-24(32)17-30(23-12-8-7-11-22(23)27)37(34,35)21-15-13-20(36-3)14-16-21/h4-16H,17H2,1-3H3,(H,28,32). The predicted octanol–water partition coefficient (Wildman–Crippen LogP) is 3.47. The van der Waals surface area contributed by atoms with Crippen LogP contribution < -0.4 is 19.9 Å². The first-order valence-corrected chi connectivity index (χ1v) is 12.6. The average Bonchev–Trinajstić information content (AvgIpc) is 3.11. The Labute approximate surface area is 213 Å². The highest BCUT2D eigenvalue weighted by Gasteiger charge is 2.30. The van der Waals surface area contributed by atoms with Gasteiger partial charge in [0.25, 0.3) is 15.6 Å². The summed E-state index contributed by atoms with van der Waals surface area (Å²) in [5.74, 6) is -1.20. The smallest absolute Gasteiger partial charge is 0.295 e. The molecule has 0 aliphatic carbocycles. The van der Waals surface area contributed by atoms with Crippen LogP contribution in [0.25, 0.3) is 5.69 Å². The molecule has 0 bridgehead atoms. The highest BCUT2D eigenvalue weighted by Crippen LogP contribution is 2.27. The van der Waals surface area contributed by atoms with Gasteiger partial charge in [0, 0.05) is 7.05 Å². The van der Waals surface area contributed by atoms with Crippen LogP contribution in [0.4, 0.5) is 15.8 Å². The Kier molecular flexibility index (Phi) is 7.16. The lowest BCUT2D eigenvalue weighted by atomic mass is 10.3. The molecule has 0 spiro atoms. The number of anilines is 2. The minimum atomic E-state index is -4.37. The van der Waals surface area contributed by atoms with Gasteiger partial charge < -0.3 is 10.1 Å². The average molecular weight is 525 g/mol. The van der Waals surface area contributed by atoms with Crippen LogP contribution in [0.1, 0.15) is 5.69 Å². The van der Waals surface area contributed by atoms with Gasteiger partial charge in [-0.1, -0.05) is 30.3 Å². The van der Waals surface area contributed by atoms with Gasteiger partial charge in [-0.3, -0.25) is 18.6 Å². The normalized spacial score (nSPS) is 11.2. The van der Waals surface area contributed by atoms with Crippen molar-refractivity contribution in [3.63, 3.8) is 0 Å². The van der Waals surface area contributed by atoms with E-state index >= 15 is 0 Å². The number of hydrogen-bond acceptors (Lipinski definition) is 5. The number of benzene rings is 3. The van der Waals surface area contributed by atoms with E-state index in [1.165, 1.54) is 54.3 Å². The summed E-state index contributed by atoms with van der Waals surface area (Å²) < 4.78 is 50.5. The third-order valence-electron chi connectivity index (χ3n) is 5.87. The highest BCUT2D eigenvalue weighted by molar-refractivity contribution is 7.92. The number of carbonyl (C=O) groups is 1. The molecule has 9 nitrogen and oxygen atoms in total. The molecule has 1 amide bonds. The summed E-state index contributed by atoms with van der Waals surface area (Å²) in [6.45, 7) is 0.883. The van der Waals surface area contributed by atoms with Crippen molar-refractivity contribution in [3.05, 3.63) is 101 Å². The fourth-order valence-electron chi connectivity index (χ4n) is 3.85. The SMILES string of the molecule is COc1ccc(S(=O)(=O)N(CC(=O)Nc2c(C)n(C)n(-c3ccccc3)c2=O)c2ccccc2F)cc1. The molecule has 192 valence electrons. The number of rotatable bonds is 8. The van der Waals surface area contributed by atoms with Crippen molar-refractivity contribution in [2.45, 2.75) is 11.8 Å². The third kappa shape index (κ3) is 4.98. The van der Waals surface area contributed by atoms with Crippen molar-refractivity contribution >= 4 is 27.3 Å². The van der Waals surface area contributed by atoms with E-state index in [0.29, 0.717) is 21.4 Å². The van der Waals surface area contributed by atoms with E-state index in [9.17, 15) is 22.4 Å². The van der Waals surface area contributed by atoms with Gasteiger partial charge in [-0.2, -0.15) is 0 Å². The second-order valence-corrected chi connectivity index (χ2v) is 9.99. The molecule has 0 aliphatic rings. The second-order valence-electron chi connectivity index (χ2n) is 8.12. The molecule has 0 aliphatic heterocycles. The maximum atomic E-state index is 14.7. The molecule has 3 aromatic carbocycles. The first-order valence-electron chi connectivity index (χ1n) is 11.2. The third-order valence-corrected chi connectivity index (χ3v) is 7.65. The molecule has 0 radical (unpaired) electrons. The molecule has 0 saturated carbocycles. The van der Waals surface area contributed by atoms with Crippen LogP contribution in [-0.2, 0) is 21.9 Å². The van der Waals surface area contributed by atoms with Gasteiger partial charge in [0.2, 0.25) is 5.91 Å². The van der Waals surface area contributed by atoms with Crippen molar-refractivity contribution in [1.29, 1.82) is 0 Å². The molecule has 1 aromatic heterocycles. The Hall–Kier alpha value is -4.38. The van der Waals surface area contributed by atoms with E-state index in [-0.39, 0.29) is 16.3 Å². The summed E-state index contributed by atoms with van der Waals surface area (Å²) in [5, 5.41) is 2.53. The zero-order chi connectivity index (χ0) is 26.7. The molecular formula is C26H25FN4O5S. The summed E-state index contributed by atoms with van der Waals surface area (Å²) in [5.41, 5.74) is 0.243. The summed E-state index contributed by atoms with van der Waals surface area (Å²) in [7, 11) is -1.26. The molecule has 11 heteroatoms. The maximum Gasteiger partial charge on any atom is 0.295 e. The Morgan fingerprint density at radius 2 is 1.62 bits per heavy atom. The lowest BCUT2D eigenvalue weighted by molar-refractivity contribution is -0.114. The summed E-state index contributed by atoms with van der Waals surface area (Å²) in [6.07, 6.45) is 0. The van der Waals surface area contributed by atoms with Crippen LogP contribution in [0.5, 0.6) is 5.75 Å². The number of hydrogen-bond donors (Lipinski definition) is 1. The molecule has 1 N–H and O–H groups in total. The van der Waals surface area contributed by atoms with Gasteiger partial charge in [0.1, 0.15) is 23.8 Å². The van der Waals surface area contributed by atoms with Gasteiger partial charge in [0.15, 0.2) is 0 Å². The molecular weight excluding hydrogens is 499 g/mol. The zero-order valence-electron chi connectivity index (χ0n) is 20.4. The second kappa shape index (κ2) is 10.3. The molecule has 0 fully saturated rings. The molecule has 1 heterocycles. The number of halogens is 1. The van der Waals surface area contributed by atoms with Crippen LogP contribution >= 0.6 is 0 Å². The maximum absolute atomic E-state index is 14.7. The first-order chi connectivity index (χ1) is 17.6. The Bertz CT molecular complexity index is 1600. The Balaban J connectivity index is 1.70. The zero-order valence-corrected chi connectivity index (χ0v) is 21.2. The van der Waals surface area contributed by atoms with Crippen molar-refractivity contribution < 1.29 is 22.3 Å². The number of aromatic nitrogens is 2. The van der Waals surface area contributed by atoms with Crippen LogP contribution in [0.3, 0.4) is 0 Å².